The Hall–Kier alpha value is -2.77. The zero-order valence-electron chi connectivity index (χ0n) is 18.5. The highest BCUT2D eigenvalue weighted by Gasteiger charge is 2.53. The van der Waals surface area contributed by atoms with Crippen LogP contribution in [-0.4, -0.2) is 7.11 Å². The first-order valence-corrected chi connectivity index (χ1v) is 12.8. The van der Waals surface area contributed by atoms with Crippen molar-refractivity contribution in [3.05, 3.63) is 139 Å². The Labute approximate surface area is 207 Å². The molecular formula is C30H26BrOP. The van der Waals surface area contributed by atoms with Crippen molar-refractivity contribution in [3.63, 3.8) is 0 Å². The number of methoxy groups -OCH3 is 1. The van der Waals surface area contributed by atoms with Crippen LogP contribution in [0.2, 0.25) is 0 Å². The van der Waals surface area contributed by atoms with Gasteiger partial charge in [0.05, 0.1) is 0 Å². The average Bonchev–Trinajstić information content (AvgIpc) is 2.88. The Morgan fingerprint density at radius 3 is 1.39 bits per heavy atom. The van der Waals surface area contributed by atoms with Crippen LogP contribution in [0.1, 0.15) is 11.4 Å². The van der Waals surface area contributed by atoms with Crippen LogP contribution in [0.3, 0.4) is 0 Å². The van der Waals surface area contributed by atoms with Gasteiger partial charge in [-0.25, -0.2) is 0 Å². The van der Waals surface area contributed by atoms with Gasteiger partial charge in [0.2, 0.25) is 5.85 Å². The van der Waals surface area contributed by atoms with E-state index in [9.17, 15) is 0 Å². The highest BCUT2D eigenvalue weighted by atomic mass is 79.9. The maximum Gasteiger partial charge on any atom is 0.206 e. The second kappa shape index (κ2) is 10.4. The van der Waals surface area contributed by atoms with Gasteiger partial charge in [0, 0.05) is 12.7 Å². The number of hydrogen-bond donors (Lipinski definition) is 0. The maximum absolute atomic E-state index is 6.46. The van der Waals surface area contributed by atoms with Crippen LogP contribution in [0.4, 0.5) is 0 Å². The number of hydrogen-bond acceptors (Lipinski definition) is 1. The molecule has 0 aliphatic heterocycles. The Morgan fingerprint density at radius 2 is 0.939 bits per heavy atom. The molecular weight excluding hydrogens is 487 g/mol. The fourth-order valence-electron chi connectivity index (χ4n) is 4.72. The Bertz CT molecular complexity index is 1210. The molecule has 0 saturated carbocycles. The summed E-state index contributed by atoms with van der Waals surface area (Å²) in [6.07, 6.45) is 0. The standard InChI is InChI=1S/C30H26OP.BrH/c1-31-30(26-22-21-24-13-11-12-14-25(24)23-26)32(27-15-5-2-6-16-27,28-17-7-3-8-18-28)29-19-9-4-10-20-29;/h2-23,30H,1H3;1H/q+1;/p-1. The van der Waals surface area contributed by atoms with Crippen molar-refractivity contribution < 1.29 is 21.7 Å². The molecule has 0 saturated heterocycles. The summed E-state index contributed by atoms with van der Waals surface area (Å²) in [4.78, 5) is 0. The lowest BCUT2D eigenvalue weighted by Gasteiger charge is -2.34. The van der Waals surface area contributed by atoms with Crippen LogP contribution >= 0.6 is 7.26 Å². The second-order valence-corrected chi connectivity index (χ2v) is 11.4. The van der Waals surface area contributed by atoms with E-state index in [1.54, 1.807) is 0 Å². The molecule has 0 aromatic heterocycles. The topological polar surface area (TPSA) is 9.23 Å². The van der Waals surface area contributed by atoms with E-state index in [1.165, 1.54) is 32.2 Å². The normalized spacial score (nSPS) is 12.2. The van der Waals surface area contributed by atoms with E-state index < -0.39 is 7.26 Å². The summed E-state index contributed by atoms with van der Waals surface area (Å²) < 4.78 is 6.46. The van der Waals surface area contributed by atoms with E-state index in [0.29, 0.717) is 0 Å². The number of fused-ring (bicyclic) bond motifs is 1. The van der Waals surface area contributed by atoms with Crippen LogP contribution in [0, 0.1) is 0 Å². The minimum atomic E-state index is -2.19. The monoisotopic (exact) mass is 512 g/mol. The van der Waals surface area contributed by atoms with Gasteiger partial charge in [0.15, 0.2) is 0 Å². The minimum Gasteiger partial charge on any atom is -1.00 e. The Kier molecular flexibility index (Phi) is 7.40. The van der Waals surface area contributed by atoms with Crippen LogP contribution < -0.4 is 32.9 Å². The molecule has 1 unspecified atom stereocenters. The van der Waals surface area contributed by atoms with E-state index in [4.69, 9.17) is 4.74 Å². The second-order valence-electron chi connectivity index (χ2n) is 7.92. The molecule has 33 heavy (non-hydrogen) atoms. The highest BCUT2D eigenvalue weighted by molar-refractivity contribution is 7.95. The van der Waals surface area contributed by atoms with Crippen molar-refractivity contribution in [1.82, 2.24) is 0 Å². The fraction of sp³-hybridized carbons (Fsp3) is 0.0667. The van der Waals surface area contributed by atoms with Gasteiger partial charge in [-0.05, 0) is 53.2 Å². The molecule has 164 valence electrons. The SMILES string of the molecule is COC(c1ccc2ccccc2c1)[P+](c1ccccc1)(c1ccccc1)c1ccccc1.[Br-]. The lowest BCUT2D eigenvalue weighted by atomic mass is 10.1. The summed E-state index contributed by atoms with van der Waals surface area (Å²) in [6.45, 7) is 0. The molecule has 1 atom stereocenters. The van der Waals surface area contributed by atoms with Gasteiger partial charge in [-0.15, -0.1) is 0 Å². The van der Waals surface area contributed by atoms with Crippen LogP contribution in [0.5, 0.6) is 0 Å². The third-order valence-corrected chi connectivity index (χ3v) is 10.7. The van der Waals surface area contributed by atoms with Crippen LogP contribution in [0.15, 0.2) is 133 Å². The molecule has 0 amide bonds. The summed E-state index contributed by atoms with van der Waals surface area (Å²) in [6, 6.07) is 48.0. The zero-order chi connectivity index (χ0) is 21.8. The molecule has 0 aliphatic rings. The predicted molar refractivity (Wildman–Crippen MR) is 139 cm³/mol. The van der Waals surface area contributed by atoms with Gasteiger partial charge in [-0.3, -0.25) is 0 Å². The van der Waals surface area contributed by atoms with E-state index in [2.05, 4.69) is 133 Å². The van der Waals surface area contributed by atoms with Crippen LogP contribution in [0.25, 0.3) is 10.8 Å². The molecule has 3 heteroatoms. The molecule has 5 aromatic carbocycles. The highest BCUT2D eigenvalue weighted by Crippen LogP contribution is 2.67. The molecule has 0 fully saturated rings. The molecule has 0 heterocycles. The summed E-state index contributed by atoms with van der Waals surface area (Å²) in [5.74, 6) is -0.112. The van der Waals surface area contributed by atoms with E-state index >= 15 is 0 Å². The average molecular weight is 513 g/mol. The first kappa shape index (κ1) is 23.4. The lowest BCUT2D eigenvalue weighted by molar-refractivity contribution is -0.00000642. The first-order valence-electron chi connectivity index (χ1n) is 10.9. The zero-order valence-corrected chi connectivity index (χ0v) is 21.0. The summed E-state index contributed by atoms with van der Waals surface area (Å²) >= 11 is 0. The number of benzene rings is 5. The van der Waals surface area contributed by atoms with Gasteiger partial charge in [-0.1, -0.05) is 91.0 Å². The largest absolute Gasteiger partial charge is 1.00 e. The fourth-order valence-corrected chi connectivity index (χ4v) is 9.28. The third-order valence-electron chi connectivity index (χ3n) is 6.12. The van der Waals surface area contributed by atoms with Gasteiger partial charge in [0.25, 0.3) is 0 Å². The molecule has 0 bridgehead atoms. The maximum atomic E-state index is 6.46. The lowest BCUT2D eigenvalue weighted by Crippen LogP contribution is -3.00. The molecule has 0 spiro atoms. The quantitative estimate of drug-likeness (QED) is 0.316. The first-order chi connectivity index (χ1) is 15.8. The van der Waals surface area contributed by atoms with E-state index in [0.717, 1.165) is 0 Å². The smallest absolute Gasteiger partial charge is 0.206 e. The van der Waals surface area contributed by atoms with Crippen molar-refractivity contribution >= 4 is 33.9 Å². The predicted octanol–water partition coefficient (Wildman–Crippen LogP) is 3.48. The van der Waals surface area contributed by atoms with Gasteiger partial charge in [-0.2, -0.15) is 0 Å². The molecule has 5 rings (SSSR count). The van der Waals surface area contributed by atoms with E-state index in [1.807, 2.05) is 7.11 Å². The Morgan fingerprint density at radius 1 is 0.515 bits per heavy atom. The molecule has 0 radical (unpaired) electrons. The summed E-state index contributed by atoms with van der Waals surface area (Å²) in [5, 5.41) is 6.43. The third kappa shape index (κ3) is 4.27. The van der Waals surface area contributed by atoms with Crippen LogP contribution in [-0.2, 0) is 4.74 Å². The number of rotatable bonds is 6. The number of ether oxygens (including phenoxy) is 1. The van der Waals surface area contributed by atoms with Crippen molar-refractivity contribution in [1.29, 1.82) is 0 Å². The number of halogens is 1. The van der Waals surface area contributed by atoms with Gasteiger partial charge in [0.1, 0.15) is 23.2 Å². The van der Waals surface area contributed by atoms with Crippen molar-refractivity contribution in [3.8, 4) is 0 Å². The Balaban J connectivity index is 0.00000259. The van der Waals surface area contributed by atoms with Crippen molar-refractivity contribution in [2.45, 2.75) is 5.85 Å². The summed E-state index contributed by atoms with van der Waals surface area (Å²) in [7, 11) is -0.335. The molecule has 1 nitrogen and oxygen atoms in total. The molecule has 5 aromatic rings. The molecule has 0 aliphatic carbocycles. The van der Waals surface area contributed by atoms with Crippen molar-refractivity contribution in [2.24, 2.45) is 0 Å². The van der Waals surface area contributed by atoms with Crippen molar-refractivity contribution in [2.75, 3.05) is 7.11 Å². The minimum absolute atomic E-state index is 0. The molecule has 0 N–H and O–H groups in total. The van der Waals surface area contributed by atoms with Gasteiger partial charge < -0.3 is 21.7 Å². The van der Waals surface area contributed by atoms with Gasteiger partial charge >= 0.3 is 0 Å². The summed E-state index contributed by atoms with van der Waals surface area (Å²) in [5.41, 5.74) is 1.20. The van der Waals surface area contributed by atoms with E-state index in [-0.39, 0.29) is 22.8 Å².